The van der Waals surface area contributed by atoms with Gasteiger partial charge in [0.2, 0.25) is 0 Å². The van der Waals surface area contributed by atoms with Crippen molar-refractivity contribution in [2.24, 2.45) is 11.8 Å². The molecule has 0 bridgehead atoms. The van der Waals surface area contributed by atoms with Crippen molar-refractivity contribution in [1.29, 1.82) is 0 Å². The van der Waals surface area contributed by atoms with Crippen molar-refractivity contribution < 1.29 is 4.79 Å². The Balaban J connectivity index is 1.56. The van der Waals surface area contributed by atoms with Crippen LogP contribution in [-0.4, -0.2) is 36.6 Å². The van der Waals surface area contributed by atoms with Gasteiger partial charge in [-0.05, 0) is 24.3 Å². The van der Waals surface area contributed by atoms with Crippen LogP contribution in [0.3, 0.4) is 0 Å². The van der Waals surface area contributed by atoms with E-state index in [1.165, 1.54) is 0 Å². The van der Waals surface area contributed by atoms with Crippen molar-refractivity contribution in [2.45, 2.75) is 19.5 Å². The molecule has 3 rings (SSSR count). The fraction of sp³-hybridized carbons (Fsp3) is 0.533. The zero-order valence-electron chi connectivity index (χ0n) is 11.3. The Labute approximate surface area is 114 Å². The summed E-state index contributed by atoms with van der Waals surface area (Å²) >= 11 is 0. The summed E-state index contributed by atoms with van der Waals surface area (Å²) < 4.78 is 0. The second kappa shape index (κ2) is 5.21. The highest BCUT2D eigenvalue weighted by molar-refractivity contribution is 5.75. The minimum absolute atomic E-state index is 0.0748. The molecule has 3 atom stereocenters. The molecule has 2 aliphatic rings. The Hall–Kier alpha value is -1.55. The molecule has 2 amide bonds. The largest absolute Gasteiger partial charge is 0.334 e. The number of rotatable bonds is 2. The molecule has 19 heavy (non-hydrogen) atoms. The predicted molar refractivity (Wildman–Crippen MR) is 74.7 cm³/mol. The molecule has 2 fully saturated rings. The normalized spacial score (nSPS) is 29.3. The maximum absolute atomic E-state index is 12.3. The van der Waals surface area contributed by atoms with Gasteiger partial charge < -0.3 is 15.5 Å². The molecule has 2 N–H and O–H groups in total. The molecule has 3 unspecified atom stereocenters. The maximum atomic E-state index is 12.3. The summed E-state index contributed by atoms with van der Waals surface area (Å²) in [5.74, 6) is 1.26. The summed E-state index contributed by atoms with van der Waals surface area (Å²) in [6.45, 7) is 5.77. The Morgan fingerprint density at radius 3 is 2.89 bits per heavy atom. The number of urea groups is 1. The van der Waals surface area contributed by atoms with E-state index in [0.717, 1.165) is 25.2 Å². The molecule has 1 aromatic rings. The predicted octanol–water partition coefficient (Wildman–Crippen LogP) is 1.44. The minimum atomic E-state index is 0.0748. The van der Waals surface area contributed by atoms with Gasteiger partial charge in [0.15, 0.2) is 0 Å². The Bertz CT molecular complexity index is 448. The minimum Gasteiger partial charge on any atom is -0.334 e. The number of hydrogen-bond acceptors (Lipinski definition) is 2. The fourth-order valence-corrected chi connectivity index (χ4v) is 3.31. The molecule has 2 heterocycles. The second-order valence-corrected chi connectivity index (χ2v) is 5.62. The molecule has 102 valence electrons. The van der Waals surface area contributed by atoms with E-state index >= 15 is 0 Å². The quantitative estimate of drug-likeness (QED) is 0.844. The Morgan fingerprint density at radius 1 is 1.37 bits per heavy atom. The molecule has 0 spiro atoms. The third kappa shape index (κ3) is 2.45. The zero-order valence-corrected chi connectivity index (χ0v) is 11.3. The molecule has 0 aromatic heterocycles. The van der Waals surface area contributed by atoms with E-state index in [1.807, 2.05) is 35.2 Å². The molecular weight excluding hydrogens is 238 g/mol. The lowest BCUT2D eigenvalue weighted by Gasteiger charge is -2.24. The van der Waals surface area contributed by atoms with E-state index in [0.29, 0.717) is 24.4 Å². The Morgan fingerprint density at radius 2 is 2.16 bits per heavy atom. The van der Waals surface area contributed by atoms with Gasteiger partial charge >= 0.3 is 6.03 Å². The van der Waals surface area contributed by atoms with Gasteiger partial charge in [0.05, 0.1) is 0 Å². The van der Waals surface area contributed by atoms with Crippen LogP contribution in [0.4, 0.5) is 4.79 Å². The van der Waals surface area contributed by atoms with Crippen LogP contribution in [-0.2, 0) is 6.54 Å². The van der Waals surface area contributed by atoms with Crippen LogP contribution < -0.4 is 10.6 Å². The number of nitrogens with zero attached hydrogens (tertiary/aromatic N) is 1. The molecule has 4 nitrogen and oxygen atoms in total. The van der Waals surface area contributed by atoms with Gasteiger partial charge in [-0.1, -0.05) is 30.3 Å². The number of likely N-dealkylation sites (tertiary alicyclic amines) is 1. The highest BCUT2D eigenvalue weighted by Gasteiger charge is 2.43. The molecule has 1 aromatic carbocycles. The lowest BCUT2D eigenvalue weighted by atomic mass is 9.95. The lowest BCUT2D eigenvalue weighted by Crippen LogP contribution is -2.44. The van der Waals surface area contributed by atoms with Crippen LogP contribution in [0.25, 0.3) is 0 Å². The standard InChI is InChI=1S/C15H21N3O/c1-11-14-9-16-8-13(14)10-18(11)15(19)17-7-12-5-3-2-4-6-12/h2-6,11,13-14,16H,7-10H2,1H3,(H,17,19). The number of fused-ring (bicyclic) bond motifs is 1. The smallest absolute Gasteiger partial charge is 0.317 e. The first-order valence-electron chi connectivity index (χ1n) is 7.05. The van der Waals surface area contributed by atoms with E-state index in [1.54, 1.807) is 0 Å². The molecular formula is C15H21N3O. The molecule has 4 heteroatoms. The van der Waals surface area contributed by atoms with Crippen LogP contribution in [0.15, 0.2) is 30.3 Å². The van der Waals surface area contributed by atoms with Gasteiger partial charge in [-0.15, -0.1) is 0 Å². The summed E-state index contributed by atoms with van der Waals surface area (Å²) in [7, 11) is 0. The van der Waals surface area contributed by atoms with E-state index < -0.39 is 0 Å². The van der Waals surface area contributed by atoms with Crippen LogP contribution in [0.1, 0.15) is 12.5 Å². The zero-order chi connectivity index (χ0) is 13.2. The van der Waals surface area contributed by atoms with E-state index in [-0.39, 0.29) is 6.03 Å². The van der Waals surface area contributed by atoms with E-state index in [4.69, 9.17) is 0 Å². The summed E-state index contributed by atoms with van der Waals surface area (Å²) in [6.07, 6.45) is 0. The summed E-state index contributed by atoms with van der Waals surface area (Å²) in [4.78, 5) is 14.3. The van der Waals surface area contributed by atoms with E-state index in [2.05, 4.69) is 17.6 Å². The monoisotopic (exact) mass is 259 g/mol. The van der Waals surface area contributed by atoms with Crippen molar-refractivity contribution in [3.05, 3.63) is 35.9 Å². The molecule has 0 saturated carbocycles. The number of benzene rings is 1. The summed E-state index contributed by atoms with van der Waals surface area (Å²) in [5, 5.41) is 6.44. The van der Waals surface area contributed by atoms with Crippen LogP contribution >= 0.6 is 0 Å². The van der Waals surface area contributed by atoms with Crippen LogP contribution in [0.2, 0.25) is 0 Å². The molecule has 0 radical (unpaired) electrons. The van der Waals surface area contributed by atoms with Crippen molar-refractivity contribution in [1.82, 2.24) is 15.5 Å². The first kappa shape index (κ1) is 12.5. The molecule has 2 aliphatic heterocycles. The first-order chi connectivity index (χ1) is 9.25. The fourth-order valence-electron chi connectivity index (χ4n) is 3.31. The third-order valence-corrected chi connectivity index (χ3v) is 4.48. The Kier molecular flexibility index (Phi) is 3.42. The first-order valence-corrected chi connectivity index (χ1v) is 7.05. The number of nitrogens with one attached hydrogen (secondary N) is 2. The average molecular weight is 259 g/mol. The van der Waals surface area contributed by atoms with Crippen LogP contribution in [0.5, 0.6) is 0 Å². The van der Waals surface area contributed by atoms with Gasteiger partial charge in [-0.3, -0.25) is 0 Å². The number of hydrogen-bond donors (Lipinski definition) is 2. The van der Waals surface area contributed by atoms with Gasteiger partial charge in [0.25, 0.3) is 0 Å². The second-order valence-electron chi connectivity index (χ2n) is 5.62. The maximum Gasteiger partial charge on any atom is 0.317 e. The number of carbonyl (C=O) groups excluding carboxylic acids is 1. The van der Waals surface area contributed by atoms with Crippen molar-refractivity contribution >= 4 is 6.03 Å². The lowest BCUT2D eigenvalue weighted by molar-refractivity contribution is 0.189. The van der Waals surface area contributed by atoms with Gasteiger partial charge in [0, 0.05) is 32.2 Å². The highest BCUT2D eigenvalue weighted by atomic mass is 16.2. The molecule has 0 aliphatic carbocycles. The number of carbonyl (C=O) groups is 1. The summed E-state index contributed by atoms with van der Waals surface area (Å²) in [6, 6.07) is 10.5. The van der Waals surface area contributed by atoms with Crippen molar-refractivity contribution in [2.75, 3.05) is 19.6 Å². The van der Waals surface area contributed by atoms with Gasteiger partial charge in [-0.25, -0.2) is 4.79 Å². The van der Waals surface area contributed by atoms with Crippen molar-refractivity contribution in [3.63, 3.8) is 0 Å². The average Bonchev–Trinajstić information content (AvgIpc) is 3.01. The molecule has 2 saturated heterocycles. The number of amides is 2. The topological polar surface area (TPSA) is 44.4 Å². The third-order valence-electron chi connectivity index (χ3n) is 4.48. The SMILES string of the molecule is CC1C2CNCC2CN1C(=O)NCc1ccccc1. The summed E-state index contributed by atoms with van der Waals surface area (Å²) in [5.41, 5.74) is 1.14. The van der Waals surface area contributed by atoms with Gasteiger partial charge in [-0.2, -0.15) is 0 Å². The van der Waals surface area contributed by atoms with Crippen LogP contribution in [0, 0.1) is 11.8 Å². The highest BCUT2D eigenvalue weighted by Crippen LogP contribution is 2.32. The van der Waals surface area contributed by atoms with Crippen molar-refractivity contribution in [3.8, 4) is 0 Å². The van der Waals surface area contributed by atoms with E-state index in [9.17, 15) is 4.79 Å². The van der Waals surface area contributed by atoms with Gasteiger partial charge in [0.1, 0.15) is 0 Å².